The Morgan fingerprint density at radius 3 is 2.64 bits per heavy atom. The van der Waals surface area contributed by atoms with Crippen LogP contribution in [0, 0.1) is 0 Å². The van der Waals surface area contributed by atoms with Crippen molar-refractivity contribution in [3.05, 3.63) is 73.2 Å². The van der Waals surface area contributed by atoms with E-state index in [-0.39, 0.29) is 5.91 Å². The van der Waals surface area contributed by atoms with Crippen molar-refractivity contribution in [1.29, 1.82) is 0 Å². The molecule has 0 unspecified atom stereocenters. The highest BCUT2D eigenvalue weighted by Gasteiger charge is 2.13. The minimum Gasteiger partial charge on any atom is -0.354 e. The van der Waals surface area contributed by atoms with Gasteiger partial charge in [0.1, 0.15) is 11.3 Å². The Morgan fingerprint density at radius 2 is 1.82 bits per heavy atom. The topological polar surface area (TPSA) is 72.7 Å². The number of amides is 1. The molecule has 28 heavy (non-hydrogen) atoms. The summed E-state index contributed by atoms with van der Waals surface area (Å²) in [6.07, 6.45) is 5.25. The number of benzene rings is 1. The van der Waals surface area contributed by atoms with Crippen molar-refractivity contribution < 1.29 is 4.79 Å². The Bertz CT molecular complexity index is 1070. The van der Waals surface area contributed by atoms with E-state index >= 15 is 0 Å². The number of carbonyl (C=O) groups is 1. The molecule has 0 atom stereocenters. The largest absolute Gasteiger partial charge is 0.354 e. The summed E-state index contributed by atoms with van der Waals surface area (Å²) in [4.78, 5) is 26.5. The molecule has 7 heteroatoms. The molecule has 3 aromatic heterocycles. The number of thioether (sulfide) groups is 1. The van der Waals surface area contributed by atoms with Gasteiger partial charge in [0.15, 0.2) is 5.65 Å². The van der Waals surface area contributed by atoms with Crippen LogP contribution in [-0.2, 0) is 11.3 Å². The molecule has 1 aromatic carbocycles. The van der Waals surface area contributed by atoms with E-state index in [0.717, 1.165) is 27.4 Å². The highest BCUT2D eigenvalue weighted by molar-refractivity contribution is 8.00. The number of pyridine rings is 2. The first-order chi connectivity index (χ1) is 13.8. The molecule has 1 N–H and O–H groups in total. The number of carbonyl (C=O) groups excluding carboxylic acids is 1. The van der Waals surface area contributed by atoms with Gasteiger partial charge >= 0.3 is 0 Å². The summed E-state index contributed by atoms with van der Waals surface area (Å²) in [6, 6.07) is 17.6. The second kappa shape index (κ2) is 8.67. The maximum atomic E-state index is 12.2. The summed E-state index contributed by atoms with van der Waals surface area (Å²) in [7, 11) is 0. The minimum absolute atomic E-state index is 0.0108. The van der Waals surface area contributed by atoms with Crippen molar-refractivity contribution in [3.8, 4) is 11.4 Å². The Balaban J connectivity index is 1.43. The molecule has 0 bridgehead atoms. The van der Waals surface area contributed by atoms with Gasteiger partial charge in [-0.3, -0.25) is 9.78 Å². The maximum absolute atomic E-state index is 12.2. The smallest absolute Gasteiger partial charge is 0.230 e. The predicted octanol–water partition coefficient (Wildman–Crippen LogP) is 3.40. The fourth-order valence-electron chi connectivity index (χ4n) is 2.92. The van der Waals surface area contributed by atoms with E-state index in [2.05, 4.69) is 15.3 Å². The molecule has 0 saturated heterocycles. The number of nitrogens with one attached hydrogen (secondary N) is 1. The summed E-state index contributed by atoms with van der Waals surface area (Å²) in [5.74, 6) is 1.23. The lowest BCUT2D eigenvalue weighted by Crippen LogP contribution is -2.28. The number of nitrogens with zero attached hydrogens (tertiary/aromatic N) is 4. The molecule has 4 aromatic rings. The lowest BCUT2D eigenvalue weighted by molar-refractivity contribution is -0.118. The molecular formula is C21H19N5OS. The van der Waals surface area contributed by atoms with Crippen molar-refractivity contribution >= 4 is 28.8 Å². The van der Waals surface area contributed by atoms with Gasteiger partial charge in [-0.15, -0.1) is 11.8 Å². The van der Waals surface area contributed by atoms with Crippen LogP contribution in [0.5, 0.6) is 0 Å². The number of imidazole rings is 1. The molecule has 0 saturated carbocycles. The number of hydrogen-bond acceptors (Lipinski definition) is 5. The standard InChI is InChI=1S/C21H19N5OS/c27-19(15-28-17-5-2-1-3-6-17)23-13-14-26-20(16-8-11-22-12-9-16)25-18-7-4-10-24-21(18)26/h1-12H,13-15H2,(H,23,27). The van der Waals surface area contributed by atoms with Crippen LogP contribution < -0.4 is 5.32 Å². The van der Waals surface area contributed by atoms with Crippen LogP contribution in [0.15, 0.2) is 78.1 Å². The predicted molar refractivity (Wildman–Crippen MR) is 111 cm³/mol. The molecule has 140 valence electrons. The number of hydrogen-bond donors (Lipinski definition) is 1. The third-order valence-electron chi connectivity index (χ3n) is 4.21. The summed E-state index contributed by atoms with van der Waals surface area (Å²) in [5, 5.41) is 2.99. The van der Waals surface area contributed by atoms with Crippen LogP contribution >= 0.6 is 11.8 Å². The number of fused-ring (bicyclic) bond motifs is 1. The zero-order valence-electron chi connectivity index (χ0n) is 15.2. The quantitative estimate of drug-likeness (QED) is 0.491. The average molecular weight is 389 g/mol. The van der Waals surface area contributed by atoms with Gasteiger partial charge in [0.05, 0.1) is 5.75 Å². The number of aromatic nitrogens is 4. The van der Waals surface area contributed by atoms with Crippen LogP contribution in [0.25, 0.3) is 22.6 Å². The zero-order valence-corrected chi connectivity index (χ0v) is 16.0. The number of rotatable bonds is 7. The zero-order chi connectivity index (χ0) is 19.2. The van der Waals surface area contributed by atoms with Crippen molar-refractivity contribution in [2.24, 2.45) is 0 Å². The lowest BCUT2D eigenvalue weighted by Gasteiger charge is -2.10. The Hall–Kier alpha value is -3.19. The van der Waals surface area contributed by atoms with E-state index in [1.807, 2.05) is 59.2 Å². The first kappa shape index (κ1) is 18.2. The van der Waals surface area contributed by atoms with Crippen molar-refractivity contribution in [2.75, 3.05) is 12.3 Å². The van der Waals surface area contributed by atoms with Crippen LogP contribution in [0.1, 0.15) is 0 Å². The fourth-order valence-corrected chi connectivity index (χ4v) is 3.66. The normalized spacial score (nSPS) is 10.9. The molecule has 3 heterocycles. The first-order valence-corrected chi connectivity index (χ1v) is 9.96. The van der Waals surface area contributed by atoms with Gasteiger partial charge in [0.25, 0.3) is 0 Å². The first-order valence-electron chi connectivity index (χ1n) is 8.97. The van der Waals surface area contributed by atoms with Gasteiger partial charge in [0.2, 0.25) is 5.91 Å². The third kappa shape index (κ3) is 4.20. The van der Waals surface area contributed by atoms with Gasteiger partial charge in [-0.1, -0.05) is 18.2 Å². The molecule has 6 nitrogen and oxygen atoms in total. The highest BCUT2D eigenvalue weighted by Crippen LogP contribution is 2.22. The molecular weight excluding hydrogens is 370 g/mol. The van der Waals surface area contributed by atoms with Crippen molar-refractivity contribution in [3.63, 3.8) is 0 Å². The van der Waals surface area contributed by atoms with Gasteiger partial charge < -0.3 is 9.88 Å². The van der Waals surface area contributed by atoms with Crippen molar-refractivity contribution in [1.82, 2.24) is 24.8 Å². The van der Waals surface area contributed by atoms with E-state index in [4.69, 9.17) is 4.98 Å². The minimum atomic E-state index is 0.0108. The van der Waals surface area contributed by atoms with Gasteiger partial charge in [-0.05, 0) is 36.4 Å². The summed E-state index contributed by atoms with van der Waals surface area (Å²) < 4.78 is 2.04. The second-order valence-corrected chi connectivity index (χ2v) is 7.17. The average Bonchev–Trinajstić information content (AvgIpc) is 3.12. The fraction of sp³-hybridized carbons (Fsp3) is 0.143. The van der Waals surface area contributed by atoms with E-state index in [1.54, 1.807) is 18.6 Å². The Morgan fingerprint density at radius 1 is 1.00 bits per heavy atom. The van der Waals surface area contributed by atoms with Crippen LogP contribution in [-0.4, -0.2) is 37.7 Å². The summed E-state index contributed by atoms with van der Waals surface area (Å²) >= 11 is 1.53. The Labute approximate surface area is 167 Å². The SMILES string of the molecule is O=C(CSc1ccccc1)NCCn1c(-c2ccncc2)nc2cccnc21. The Kier molecular flexibility index (Phi) is 5.63. The second-order valence-electron chi connectivity index (χ2n) is 6.12. The molecule has 1 amide bonds. The van der Waals surface area contributed by atoms with E-state index in [9.17, 15) is 4.79 Å². The van der Waals surface area contributed by atoms with Gasteiger partial charge in [0, 0.05) is 42.1 Å². The molecule has 0 aliphatic carbocycles. The molecule has 0 fully saturated rings. The molecule has 0 radical (unpaired) electrons. The summed E-state index contributed by atoms with van der Waals surface area (Å²) in [6.45, 7) is 1.10. The highest BCUT2D eigenvalue weighted by atomic mass is 32.2. The summed E-state index contributed by atoms with van der Waals surface area (Å²) in [5.41, 5.74) is 2.61. The van der Waals surface area contributed by atoms with Crippen LogP contribution in [0.4, 0.5) is 0 Å². The van der Waals surface area contributed by atoms with Gasteiger partial charge in [-0.2, -0.15) is 0 Å². The van der Waals surface area contributed by atoms with Gasteiger partial charge in [-0.25, -0.2) is 9.97 Å². The van der Waals surface area contributed by atoms with E-state index in [0.29, 0.717) is 18.8 Å². The third-order valence-corrected chi connectivity index (χ3v) is 5.23. The monoisotopic (exact) mass is 389 g/mol. The molecule has 4 rings (SSSR count). The van der Waals surface area contributed by atoms with Crippen molar-refractivity contribution in [2.45, 2.75) is 11.4 Å². The van der Waals surface area contributed by atoms with E-state index < -0.39 is 0 Å². The molecule has 0 aliphatic heterocycles. The maximum Gasteiger partial charge on any atom is 0.230 e. The lowest BCUT2D eigenvalue weighted by atomic mass is 10.2. The van der Waals surface area contributed by atoms with E-state index in [1.165, 1.54) is 11.8 Å². The van der Waals surface area contributed by atoms with Crippen LogP contribution in [0.2, 0.25) is 0 Å². The van der Waals surface area contributed by atoms with Crippen LogP contribution in [0.3, 0.4) is 0 Å². The molecule has 0 spiro atoms. The molecule has 0 aliphatic rings.